The van der Waals surface area contributed by atoms with Crippen LogP contribution < -0.4 is 0 Å². The molecule has 27 heavy (non-hydrogen) atoms. The highest BCUT2D eigenvalue weighted by Crippen LogP contribution is 2.71. The van der Waals surface area contributed by atoms with Gasteiger partial charge in [-0.15, -0.1) is 0 Å². The van der Waals surface area contributed by atoms with E-state index in [1.54, 1.807) is 12.2 Å². The summed E-state index contributed by atoms with van der Waals surface area (Å²) in [5, 5.41) is 11.4. The van der Waals surface area contributed by atoms with E-state index in [4.69, 9.17) is 0 Å². The lowest BCUT2D eigenvalue weighted by molar-refractivity contribution is -0.155. The van der Waals surface area contributed by atoms with Gasteiger partial charge in [0.1, 0.15) is 5.78 Å². The summed E-state index contributed by atoms with van der Waals surface area (Å²) in [6, 6.07) is 0. The number of hydrogen-bond acceptors (Lipinski definition) is 3. The Hall–Kier alpha value is -1.22. The van der Waals surface area contributed by atoms with Gasteiger partial charge < -0.3 is 5.11 Å². The first-order valence-electron chi connectivity index (χ1n) is 10.7. The summed E-state index contributed by atoms with van der Waals surface area (Å²) >= 11 is 0. The third kappa shape index (κ3) is 2.24. The molecule has 148 valence electrons. The number of Topliss-reactive ketones (excluding diaryl/α,β-unsaturated/α-hetero) is 1. The third-order valence-corrected chi connectivity index (χ3v) is 9.57. The van der Waals surface area contributed by atoms with Gasteiger partial charge in [-0.25, -0.2) is 0 Å². The molecule has 0 saturated heterocycles. The summed E-state index contributed by atoms with van der Waals surface area (Å²) in [6.07, 6.45) is 9.41. The number of aliphatic hydroxyl groups excluding tert-OH is 1. The largest absolute Gasteiger partial charge is 0.393 e. The Bertz CT molecular complexity index is 749. The highest BCUT2D eigenvalue weighted by molar-refractivity contribution is 6.01. The van der Waals surface area contributed by atoms with Gasteiger partial charge in [0.15, 0.2) is 5.78 Å². The molecule has 4 rings (SSSR count). The zero-order chi connectivity index (χ0) is 19.8. The van der Waals surface area contributed by atoms with Gasteiger partial charge in [-0.2, -0.15) is 0 Å². The fourth-order valence-corrected chi connectivity index (χ4v) is 7.84. The third-order valence-electron chi connectivity index (χ3n) is 9.57. The summed E-state index contributed by atoms with van der Waals surface area (Å²) in [6.45, 7) is 10.9. The molecule has 0 bridgehead atoms. The van der Waals surface area contributed by atoms with Crippen molar-refractivity contribution in [3.8, 4) is 0 Å². The number of hydrogen-bond donors (Lipinski definition) is 1. The van der Waals surface area contributed by atoms with Crippen LogP contribution in [0.3, 0.4) is 0 Å². The standard InChI is InChI=1S/C24H34O3/c1-6-20(27)24(5)14(2)11-18-17-8-7-15-12-16(25)9-10-22(15,3)21(17)19(26)13-23(18,24)4/h9-10,12,14,17-19,21,26H,6-8,11,13H2,1-5H3/t14-,17+,18?,19?,21?,22+,23+,24-/m1/s1. The van der Waals surface area contributed by atoms with Crippen molar-refractivity contribution in [1.82, 2.24) is 0 Å². The molecule has 8 atom stereocenters. The van der Waals surface area contributed by atoms with Gasteiger partial charge in [-0.05, 0) is 61.0 Å². The fourth-order valence-electron chi connectivity index (χ4n) is 7.84. The molecule has 3 heteroatoms. The Morgan fingerprint density at radius 1 is 1.30 bits per heavy atom. The minimum atomic E-state index is -0.433. The van der Waals surface area contributed by atoms with Crippen LogP contribution >= 0.6 is 0 Å². The quantitative estimate of drug-likeness (QED) is 0.779. The fraction of sp³-hybridized carbons (Fsp3) is 0.750. The summed E-state index contributed by atoms with van der Waals surface area (Å²) < 4.78 is 0. The van der Waals surface area contributed by atoms with Gasteiger partial charge in [0.25, 0.3) is 0 Å². The van der Waals surface area contributed by atoms with Crippen LogP contribution in [-0.2, 0) is 9.59 Å². The molecule has 0 aliphatic heterocycles. The van der Waals surface area contributed by atoms with E-state index in [0.29, 0.717) is 36.4 Å². The Morgan fingerprint density at radius 2 is 2.00 bits per heavy atom. The smallest absolute Gasteiger partial charge is 0.178 e. The van der Waals surface area contributed by atoms with Crippen molar-refractivity contribution in [3.63, 3.8) is 0 Å². The molecule has 0 aromatic heterocycles. The molecular weight excluding hydrogens is 336 g/mol. The molecule has 0 heterocycles. The van der Waals surface area contributed by atoms with Crippen molar-refractivity contribution in [2.45, 2.75) is 72.8 Å². The number of rotatable bonds is 2. The van der Waals surface area contributed by atoms with Gasteiger partial charge in [0.05, 0.1) is 6.10 Å². The summed E-state index contributed by atoms with van der Waals surface area (Å²) in [4.78, 5) is 25.0. The topological polar surface area (TPSA) is 54.4 Å². The van der Waals surface area contributed by atoms with Crippen LogP contribution in [0.1, 0.15) is 66.7 Å². The van der Waals surface area contributed by atoms with Crippen LogP contribution in [0.25, 0.3) is 0 Å². The predicted molar refractivity (Wildman–Crippen MR) is 106 cm³/mol. The van der Waals surface area contributed by atoms with E-state index in [2.05, 4.69) is 33.8 Å². The van der Waals surface area contributed by atoms with Gasteiger partial charge >= 0.3 is 0 Å². The summed E-state index contributed by atoms with van der Waals surface area (Å²) in [5.41, 5.74) is 0.464. The molecule has 0 aromatic rings. The zero-order valence-electron chi connectivity index (χ0n) is 17.4. The van der Waals surface area contributed by atoms with E-state index < -0.39 is 6.10 Å². The van der Waals surface area contributed by atoms with Crippen LogP contribution in [0.15, 0.2) is 23.8 Å². The molecule has 0 amide bonds. The van der Waals surface area contributed by atoms with Crippen molar-refractivity contribution in [2.75, 3.05) is 0 Å². The molecule has 0 spiro atoms. The number of carbonyl (C=O) groups excluding carboxylic acids is 2. The Morgan fingerprint density at radius 3 is 2.67 bits per heavy atom. The molecule has 3 fully saturated rings. The van der Waals surface area contributed by atoms with Crippen LogP contribution in [0.4, 0.5) is 0 Å². The van der Waals surface area contributed by atoms with Crippen LogP contribution in [0, 0.1) is 39.9 Å². The molecule has 1 N–H and O–H groups in total. The molecular formula is C24H34O3. The maximum Gasteiger partial charge on any atom is 0.178 e. The first kappa shape index (κ1) is 19.1. The average Bonchev–Trinajstić information content (AvgIpc) is 2.82. The van der Waals surface area contributed by atoms with E-state index >= 15 is 0 Å². The van der Waals surface area contributed by atoms with Crippen molar-refractivity contribution >= 4 is 11.6 Å². The van der Waals surface area contributed by atoms with E-state index in [9.17, 15) is 14.7 Å². The van der Waals surface area contributed by atoms with Gasteiger partial charge in [-0.3, -0.25) is 9.59 Å². The molecule has 3 saturated carbocycles. The predicted octanol–water partition coefficient (Wildman–Crippen LogP) is 4.50. The monoisotopic (exact) mass is 370 g/mol. The Labute approximate surface area is 163 Å². The molecule has 4 aliphatic rings. The molecule has 4 aliphatic carbocycles. The summed E-state index contributed by atoms with van der Waals surface area (Å²) in [7, 11) is 0. The number of aliphatic hydroxyl groups is 1. The normalized spacial score (nSPS) is 51.3. The Balaban J connectivity index is 1.78. The SMILES string of the molecule is CCC(=O)[C@@]1(C)[C@H](C)CC2[C@@H]3CCC4=CC(=O)C=C[C@]4(C)C3C(O)C[C@@]21C. The van der Waals surface area contributed by atoms with Crippen molar-refractivity contribution in [3.05, 3.63) is 23.8 Å². The van der Waals surface area contributed by atoms with Crippen LogP contribution in [-0.4, -0.2) is 22.8 Å². The molecule has 3 nitrogen and oxygen atoms in total. The van der Waals surface area contributed by atoms with Gasteiger partial charge in [-0.1, -0.05) is 46.3 Å². The van der Waals surface area contributed by atoms with Crippen LogP contribution in [0.5, 0.6) is 0 Å². The minimum absolute atomic E-state index is 0.0756. The maximum atomic E-state index is 13.1. The number of fused-ring (bicyclic) bond motifs is 5. The second-order valence-electron chi connectivity index (χ2n) is 10.3. The van der Waals surface area contributed by atoms with Crippen LogP contribution in [0.2, 0.25) is 0 Å². The molecule has 0 aromatic carbocycles. The lowest BCUT2D eigenvalue weighted by atomic mass is 9.44. The number of carbonyl (C=O) groups is 2. The number of ketones is 2. The first-order valence-corrected chi connectivity index (χ1v) is 10.7. The average molecular weight is 371 g/mol. The Kier molecular flexibility index (Phi) is 4.17. The highest BCUT2D eigenvalue weighted by atomic mass is 16.3. The maximum absolute atomic E-state index is 13.1. The highest BCUT2D eigenvalue weighted by Gasteiger charge is 2.68. The van der Waals surface area contributed by atoms with Crippen molar-refractivity contribution in [2.24, 2.45) is 39.9 Å². The van der Waals surface area contributed by atoms with Gasteiger partial charge in [0.2, 0.25) is 0 Å². The van der Waals surface area contributed by atoms with E-state index in [1.807, 2.05) is 6.92 Å². The van der Waals surface area contributed by atoms with E-state index in [1.165, 1.54) is 5.57 Å². The second-order valence-corrected chi connectivity index (χ2v) is 10.3. The molecule has 0 radical (unpaired) electrons. The van der Waals surface area contributed by atoms with E-state index in [0.717, 1.165) is 19.3 Å². The van der Waals surface area contributed by atoms with Crippen molar-refractivity contribution < 1.29 is 14.7 Å². The van der Waals surface area contributed by atoms with Crippen molar-refractivity contribution in [1.29, 1.82) is 0 Å². The molecule has 3 unspecified atom stereocenters. The number of allylic oxidation sites excluding steroid dienone is 4. The first-order chi connectivity index (χ1) is 12.6. The lowest BCUT2D eigenvalue weighted by Crippen LogP contribution is -2.58. The summed E-state index contributed by atoms with van der Waals surface area (Å²) in [5.74, 6) is 1.80. The minimum Gasteiger partial charge on any atom is -0.393 e. The second kappa shape index (κ2) is 5.89. The van der Waals surface area contributed by atoms with E-state index in [-0.39, 0.29) is 27.9 Å². The lowest BCUT2D eigenvalue weighted by Gasteiger charge is -2.60. The van der Waals surface area contributed by atoms with Gasteiger partial charge in [0, 0.05) is 23.2 Å². The zero-order valence-corrected chi connectivity index (χ0v) is 17.4.